The van der Waals surface area contributed by atoms with Crippen LogP contribution in [-0.2, 0) is 6.42 Å². The second-order valence-electron chi connectivity index (χ2n) is 4.40. The van der Waals surface area contributed by atoms with Gasteiger partial charge in [-0.2, -0.15) is 0 Å². The van der Waals surface area contributed by atoms with E-state index in [4.69, 9.17) is 0 Å². The summed E-state index contributed by atoms with van der Waals surface area (Å²) >= 11 is 0. The van der Waals surface area contributed by atoms with Crippen LogP contribution in [-0.4, -0.2) is 12.6 Å². The summed E-state index contributed by atoms with van der Waals surface area (Å²) in [4.78, 5) is 2.50. The maximum Gasteiger partial charge on any atom is 0.0404 e. The largest absolute Gasteiger partial charge is 0.369 e. The fraction of sp³-hybridized carbons (Fsp3) is 0.538. The number of anilines is 1. The van der Waals surface area contributed by atoms with Crippen molar-refractivity contribution in [3.8, 4) is 0 Å². The van der Waals surface area contributed by atoms with Crippen molar-refractivity contribution in [2.24, 2.45) is 0 Å². The van der Waals surface area contributed by atoms with E-state index >= 15 is 0 Å². The smallest absolute Gasteiger partial charge is 0.0404 e. The van der Waals surface area contributed by atoms with Crippen LogP contribution in [0.15, 0.2) is 12.1 Å². The lowest BCUT2D eigenvalue weighted by Crippen LogP contribution is -2.28. The molecule has 0 aliphatic carbocycles. The normalized spacial score (nSPS) is 20.0. The molecular weight excluding hydrogens is 170 g/mol. The molecule has 2 rings (SSSR count). The summed E-state index contributed by atoms with van der Waals surface area (Å²) in [6, 6.07) is 5.38. The minimum absolute atomic E-state index is 0.677. The standard InChI is InChI=1S/C13H19N/c1-5-14-11(4)8-12-6-9(2)10(3)7-13(12)14/h6-7,11H,5,8H2,1-4H3. The zero-order valence-corrected chi connectivity index (χ0v) is 9.59. The van der Waals surface area contributed by atoms with E-state index in [1.165, 1.54) is 28.8 Å². The third-order valence-corrected chi connectivity index (χ3v) is 3.39. The Hall–Kier alpha value is -0.980. The van der Waals surface area contributed by atoms with Crippen molar-refractivity contribution in [2.75, 3.05) is 11.4 Å². The first-order chi connectivity index (χ1) is 6.63. The molecule has 0 fully saturated rings. The summed E-state index contributed by atoms with van der Waals surface area (Å²) < 4.78 is 0. The number of nitrogens with zero attached hydrogens (tertiary/aromatic N) is 1. The molecule has 1 aromatic carbocycles. The molecule has 0 aromatic heterocycles. The first kappa shape index (κ1) is 9.57. The van der Waals surface area contributed by atoms with Crippen molar-refractivity contribution < 1.29 is 0 Å². The highest BCUT2D eigenvalue weighted by molar-refractivity contribution is 5.62. The van der Waals surface area contributed by atoms with Crippen LogP contribution in [0.3, 0.4) is 0 Å². The first-order valence-electron chi connectivity index (χ1n) is 5.50. The van der Waals surface area contributed by atoms with Crippen LogP contribution in [0.5, 0.6) is 0 Å². The number of likely N-dealkylation sites (N-methyl/N-ethyl adjacent to an activating group) is 1. The van der Waals surface area contributed by atoms with Gasteiger partial charge in [-0.3, -0.25) is 0 Å². The Bertz CT molecular complexity index is 354. The zero-order valence-electron chi connectivity index (χ0n) is 9.59. The van der Waals surface area contributed by atoms with Crippen LogP contribution in [0.25, 0.3) is 0 Å². The molecule has 0 radical (unpaired) electrons. The van der Waals surface area contributed by atoms with Crippen molar-refractivity contribution in [2.45, 2.75) is 40.2 Å². The number of hydrogen-bond donors (Lipinski definition) is 0. The Morgan fingerprint density at radius 1 is 1.29 bits per heavy atom. The number of hydrogen-bond acceptors (Lipinski definition) is 1. The highest BCUT2D eigenvalue weighted by atomic mass is 15.2. The van der Waals surface area contributed by atoms with Crippen molar-refractivity contribution >= 4 is 5.69 Å². The van der Waals surface area contributed by atoms with Gasteiger partial charge in [0, 0.05) is 18.3 Å². The molecule has 1 aliphatic rings. The lowest BCUT2D eigenvalue weighted by Gasteiger charge is -2.23. The molecule has 1 nitrogen and oxygen atoms in total. The predicted octanol–water partition coefficient (Wildman–Crippen LogP) is 3.07. The molecule has 76 valence electrons. The summed E-state index contributed by atoms with van der Waals surface area (Å²) in [5.74, 6) is 0. The number of aryl methyl sites for hydroxylation is 2. The molecule has 0 spiro atoms. The van der Waals surface area contributed by atoms with Crippen LogP contribution in [0.4, 0.5) is 5.69 Å². The first-order valence-corrected chi connectivity index (χ1v) is 5.50. The lowest BCUT2D eigenvalue weighted by atomic mass is 10.0. The van der Waals surface area contributed by atoms with E-state index in [9.17, 15) is 0 Å². The summed E-state index contributed by atoms with van der Waals surface area (Å²) in [7, 11) is 0. The van der Waals surface area contributed by atoms with E-state index < -0.39 is 0 Å². The quantitative estimate of drug-likeness (QED) is 0.656. The molecule has 1 aliphatic heterocycles. The summed E-state index contributed by atoms with van der Waals surface area (Å²) in [6.07, 6.45) is 1.21. The lowest BCUT2D eigenvalue weighted by molar-refractivity contribution is 0.690. The highest BCUT2D eigenvalue weighted by Gasteiger charge is 2.24. The van der Waals surface area contributed by atoms with Gasteiger partial charge in [0.25, 0.3) is 0 Å². The van der Waals surface area contributed by atoms with Crippen molar-refractivity contribution in [3.63, 3.8) is 0 Å². The van der Waals surface area contributed by atoms with E-state index in [2.05, 4.69) is 44.7 Å². The van der Waals surface area contributed by atoms with Crippen molar-refractivity contribution in [3.05, 3.63) is 28.8 Å². The Labute approximate surface area is 86.7 Å². The molecule has 0 amide bonds. The van der Waals surface area contributed by atoms with Crippen LogP contribution >= 0.6 is 0 Å². The molecule has 1 heterocycles. The van der Waals surface area contributed by atoms with E-state index in [0.717, 1.165) is 6.54 Å². The summed E-state index contributed by atoms with van der Waals surface area (Å²) in [5.41, 5.74) is 5.83. The number of rotatable bonds is 1. The monoisotopic (exact) mass is 189 g/mol. The predicted molar refractivity (Wildman–Crippen MR) is 62.1 cm³/mol. The molecular formula is C13H19N. The maximum absolute atomic E-state index is 2.50. The van der Waals surface area contributed by atoms with Gasteiger partial charge in [0.1, 0.15) is 0 Å². The number of benzene rings is 1. The summed E-state index contributed by atoms with van der Waals surface area (Å²) in [6.45, 7) is 10.1. The Morgan fingerprint density at radius 2 is 1.93 bits per heavy atom. The SMILES string of the molecule is CCN1c2cc(C)c(C)cc2CC1C. The molecule has 0 saturated heterocycles. The van der Waals surface area contributed by atoms with Gasteiger partial charge in [-0.15, -0.1) is 0 Å². The van der Waals surface area contributed by atoms with Gasteiger partial charge in [-0.25, -0.2) is 0 Å². The molecule has 1 heteroatoms. The van der Waals surface area contributed by atoms with Crippen LogP contribution in [0.1, 0.15) is 30.5 Å². The molecule has 1 atom stereocenters. The molecule has 14 heavy (non-hydrogen) atoms. The topological polar surface area (TPSA) is 3.24 Å². The van der Waals surface area contributed by atoms with E-state index in [1.54, 1.807) is 0 Å². The van der Waals surface area contributed by atoms with Gasteiger partial charge in [0.05, 0.1) is 0 Å². The van der Waals surface area contributed by atoms with Gasteiger partial charge in [-0.05, 0) is 56.9 Å². The van der Waals surface area contributed by atoms with Crippen LogP contribution in [0.2, 0.25) is 0 Å². The Balaban J connectivity index is 2.49. The average molecular weight is 189 g/mol. The van der Waals surface area contributed by atoms with E-state index in [0.29, 0.717) is 6.04 Å². The third-order valence-electron chi connectivity index (χ3n) is 3.39. The molecule has 1 aromatic rings. The van der Waals surface area contributed by atoms with Gasteiger partial charge < -0.3 is 4.90 Å². The molecule has 0 saturated carbocycles. The molecule has 0 N–H and O–H groups in total. The second-order valence-corrected chi connectivity index (χ2v) is 4.40. The fourth-order valence-corrected chi connectivity index (χ4v) is 2.44. The zero-order chi connectivity index (χ0) is 10.3. The van der Waals surface area contributed by atoms with Crippen molar-refractivity contribution in [1.82, 2.24) is 0 Å². The molecule has 1 unspecified atom stereocenters. The minimum atomic E-state index is 0.677. The third kappa shape index (κ3) is 1.31. The van der Waals surface area contributed by atoms with Gasteiger partial charge in [-0.1, -0.05) is 6.07 Å². The Kier molecular flexibility index (Phi) is 2.26. The van der Waals surface area contributed by atoms with Gasteiger partial charge in [0.2, 0.25) is 0 Å². The summed E-state index contributed by atoms with van der Waals surface area (Å²) in [5, 5.41) is 0. The van der Waals surface area contributed by atoms with E-state index in [-0.39, 0.29) is 0 Å². The van der Waals surface area contributed by atoms with Gasteiger partial charge in [0.15, 0.2) is 0 Å². The highest BCUT2D eigenvalue weighted by Crippen LogP contribution is 2.33. The van der Waals surface area contributed by atoms with Crippen molar-refractivity contribution in [1.29, 1.82) is 0 Å². The van der Waals surface area contributed by atoms with Crippen LogP contribution < -0.4 is 4.90 Å². The minimum Gasteiger partial charge on any atom is -0.369 e. The number of fused-ring (bicyclic) bond motifs is 1. The second kappa shape index (κ2) is 3.30. The van der Waals surface area contributed by atoms with Crippen LogP contribution in [0, 0.1) is 13.8 Å². The van der Waals surface area contributed by atoms with E-state index in [1.807, 2.05) is 0 Å². The molecule has 0 bridgehead atoms. The Morgan fingerprint density at radius 3 is 2.57 bits per heavy atom. The maximum atomic E-state index is 2.50. The average Bonchev–Trinajstić information content (AvgIpc) is 2.42. The fourth-order valence-electron chi connectivity index (χ4n) is 2.44. The van der Waals surface area contributed by atoms with Gasteiger partial charge >= 0.3 is 0 Å².